The lowest BCUT2D eigenvalue weighted by Gasteiger charge is -2.35. The van der Waals surface area contributed by atoms with Crippen LogP contribution >= 0.6 is 0 Å². The van der Waals surface area contributed by atoms with Gasteiger partial charge in [-0.1, -0.05) is 5.16 Å². The number of aryl methyl sites for hydroxylation is 1. The molecule has 0 aromatic carbocycles. The first-order valence-corrected chi connectivity index (χ1v) is 6.78. The summed E-state index contributed by atoms with van der Waals surface area (Å²) in [6, 6.07) is 1.63. The Balaban J connectivity index is 2.18. The Morgan fingerprint density at radius 2 is 2.14 bits per heavy atom. The molecule has 0 amide bonds. The van der Waals surface area contributed by atoms with Gasteiger partial charge in [0.15, 0.2) is 5.84 Å². The van der Waals surface area contributed by atoms with Crippen molar-refractivity contribution in [1.82, 2.24) is 9.97 Å². The van der Waals surface area contributed by atoms with Crippen molar-refractivity contribution in [2.24, 2.45) is 10.9 Å². The molecule has 0 bridgehead atoms. The van der Waals surface area contributed by atoms with Gasteiger partial charge in [0.1, 0.15) is 5.69 Å². The number of oxime groups is 1. The van der Waals surface area contributed by atoms with E-state index in [1.165, 1.54) is 0 Å². The lowest BCUT2D eigenvalue weighted by Crippen LogP contribution is -2.46. The lowest BCUT2D eigenvalue weighted by molar-refractivity contribution is -0.0574. The molecule has 1 aliphatic rings. The summed E-state index contributed by atoms with van der Waals surface area (Å²) in [6.45, 7) is 3.30. The van der Waals surface area contributed by atoms with Crippen molar-refractivity contribution in [1.29, 1.82) is 0 Å². The number of amidine groups is 1. The van der Waals surface area contributed by atoms with Crippen LogP contribution in [0.15, 0.2) is 11.2 Å². The molecule has 1 aliphatic heterocycles. The summed E-state index contributed by atoms with van der Waals surface area (Å²) in [5, 5.41) is 22.2. The third-order valence-electron chi connectivity index (χ3n) is 3.51. The van der Waals surface area contributed by atoms with Crippen LogP contribution in [0.1, 0.15) is 24.2 Å². The summed E-state index contributed by atoms with van der Waals surface area (Å²) in [5.41, 5.74) is 5.81. The third kappa shape index (κ3) is 3.79. The molecular weight excluding hydrogens is 274 g/mol. The minimum Gasteiger partial charge on any atom is -0.409 e. The molecule has 0 spiro atoms. The molecule has 1 aromatic rings. The third-order valence-corrected chi connectivity index (χ3v) is 3.51. The summed E-state index contributed by atoms with van der Waals surface area (Å²) in [4.78, 5) is 10.4. The fraction of sp³-hybridized carbons (Fsp3) is 0.615. The van der Waals surface area contributed by atoms with E-state index in [0.29, 0.717) is 49.9 Å². The van der Waals surface area contributed by atoms with Gasteiger partial charge in [0, 0.05) is 45.3 Å². The topological polar surface area (TPSA) is 117 Å². The second-order valence-corrected chi connectivity index (χ2v) is 5.37. The predicted molar refractivity (Wildman–Crippen MR) is 77.6 cm³/mol. The lowest BCUT2D eigenvalue weighted by atomic mass is 9.94. The highest BCUT2D eigenvalue weighted by Crippen LogP contribution is 2.22. The van der Waals surface area contributed by atoms with Crippen molar-refractivity contribution >= 4 is 11.8 Å². The molecule has 0 atom stereocenters. The summed E-state index contributed by atoms with van der Waals surface area (Å²) >= 11 is 0. The Bertz CT molecular complexity index is 529. The second-order valence-electron chi connectivity index (χ2n) is 5.37. The molecule has 116 valence electrons. The molecule has 1 fully saturated rings. The largest absolute Gasteiger partial charge is 0.409 e. The highest BCUT2D eigenvalue weighted by atomic mass is 16.5. The quantitative estimate of drug-likeness (QED) is 0.306. The molecule has 2 rings (SSSR count). The standard InChI is InChI=1S/C13H21N5O3/c1-9-7-10(11(14)17-20)16-12(15-9)18(2)8-13(19)3-5-21-6-4-13/h7,19-20H,3-6,8H2,1-2H3,(H2,14,17). The minimum absolute atomic E-state index is 0.0695. The van der Waals surface area contributed by atoms with E-state index in [9.17, 15) is 5.11 Å². The highest BCUT2D eigenvalue weighted by molar-refractivity contribution is 5.95. The van der Waals surface area contributed by atoms with Crippen molar-refractivity contribution in [2.75, 3.05) is 31.7 Å². The van der Waals surface area contributed by atoms with Crippen LogP contribution in [0.5, 0.6) is 0 Å². The summed E-state index contributed by atoms with van der Waals surface area (Å²) in [6.07, 6.45) is 1.16. The van der Waals surface area contributed by atoms with E-state index < -0.39 is 5.60 Å². The van der Waals surface area contributed by atoms with Gasteiger partial charge in [-0.2, -0.15) is 0 Å². The molecule has 0 saturated carbocycles. The van der Waals surface area contributed by atoms with Crippen LogP contribution in [0.4, 0.5) is 5.95 Å². The monoisotopic (exact) mass is 295 g/mol. The molecule has 0 aliphatic carbocycles. The summed E-state index contributed by atoms with van der Waals surface area (Å²) in [5.74, 6) is 0.358. The maximum absolute atomic E-state index is 10.5. The normalized spacial score (nSPS) is 18.5. The molecule has 21 heavy (non-hydrogen) atoms. The number of aromatic nitrogens is 2. The molecule has 1 saturated heterocycles. The number of likely N-dealkylation sites (N-methyl/N-ethyl adjacent to an activating group) is 1. The van der Waals surface area contributed by atoms with Crippen molar-refractivity contribution in [3.05, 3.63) is 17.5 Å². The zero-order chi connectivity index (χ0) is 15.5. The molecule has 1 aromatic heterocycles. The summed E-state index contributed by atoms with van der Waals surface area (Å²) < 4.78 is 5.27. The number of aliphatic hydroxyl groups is 1. The zero-order valence-corrected chi connectivity index (χ0v) is 12.3. The van der Waals surface area contributed by atoms with Crippen LogP contribution in [0.2, 0.25) is 0 Å². The van der Waals surface area contributed by atoms with Crippen LogP contribution < -0.4 is 10.6 Å². The van der Waals surface area contributed by atoms with E-state index in [-0.39, 0.29) is 5.84 Å². The van der Waals surface area contributed by atoms with E-state index >= 15 is 0 Å². The van der Waals surface area contributed by atoms with E-state index in [1.807, 2.05) is 0 Å². The maximum atomic E-state index is 10.5. The van der Waals surface area contributed by atoms with Gasteiger partial charge >= 0.3 is 0 Å². The average Bonchev–Trinajstić information content (AvgIpc) is 2.46. The first-order valence-electron chi connectivity index (χ1n) is 6.78. The molecule has 8 heteroatoms. The first kappa shape index (κ1) is 15.5. The summed E-state index contributed by atoms with van der Waals surface area (Å²) in [7, 11) is 1.80. The Hall–Kier alpha value is -1.93. The molecule has 0 unspecified atom stereocenters. The van der Waals surface area contributed by atoms with Gasteiger partial charge in [0.05, 0.1) is 5.60 Å². The van der Waals surface area contributed by atoms with Crippen molar-refractivity contribution < 1.29 is 15.1 Å². The van der Waals surface area contributed by atoms with Crippen LogP contribution in [0, 0.1) is 6.92 Å². The maximum Gasteiger partial charge on any atom is 0.226 e. The smallest absolute Gasteiger partial charge is 0.226 e. The highest BCUT2D eigenvalue weighted by Gasteiger charge is 2.31. The van der Waals surface area contributed by atoms with Gasteiger partial charge < -0.3 is 25.7 Å². The molecule has 0 radical (unpaired) electrons. The van der Waals surface area contributed by atoms with E-state index in [4.69, 9.17) is 15.7 Å². The number of ether oxygens (including phenoxy) is 1. The minimum atomic E-state index is -0.809. The van der Waals surface area contributed by atoms with Gasteiger partial charge in [0.25, 0.3) is 0 Å². The number of hydrogen-bond acceptors (Lipinski definition) is 7. The number of nitrogens with zero attached hydrogens (tertiary/aromatic N) is 4. The van der Waals surface area contributed by atoms with E-state index in [1.54, 1.807) is 24.9 Å². The van der Waals surface area contributed by atoms with Crippen molar-refractivity contribution in [3.63, 3.8) is 0 Å². The Labute approximate surface area is 123 Å². The fourth-order valence-corrected chi connectivity index (χ4v) is 2.33. The second kappa shape index (κ2) is 6.23. The molecule has 2 heterocycles. The van der Waals surface area contributed by atoms with Crippen molar-refractivity contribution in [3.8, 4) is 0 Å². The van der Waals surface area contributed by atoms with Crippen LogP contribution in [-0.2, 0) is 4.74 Å². The van der Waals surface area contributed by atoms with E-state index in [0.717, 1.165) is 0 Å². The van der Waals surface area contributed by atoms with Gasteiger partial charge in [-0.3, -0.25) is 0 Å². The Morgan fingerprint density at radius 1 is 1.48 bits per heavy atom. The molecule has 4 N–H and O–H groups in total. The number of anilines is 1. The first-order chi connectivity index (χ1) is 9.93. The van der Waals surface area contributed by atoms with Crippen LogP contribution in [0.25, 0.3) is 0 Å². The van der Waals surface area contributed by atoms with Gasteiger partial charge in [-0.15, -0.1) is 0 Å². The number of rotatable bonds is 4. The average molecular weight is 295 g/mol. The van der Waals surface area contributed by atoms with Crippen molar-refractivity contribution in [2.45, 2.75) is 25.4 Å². The zero-order valence-electron chi connectivity index (χ0n) is 12.3. The van der Waals surface area contributed by atoms with Gasteiger partial charge in [0.2, 0.25) is 5.95 Å². The molecular formula is C13H21N5O3. The predicted octanol–water partition coefficient (Wildman–Crippen LogP) is -0.143. The fourth-order valence-electron chi connectivity index (χ4n) is 2.33. The van der Waals surface area contributed by atoms with Crippen LogP contribution in [-0.4, -0.2) is 58.5 Å². The van der Waals surface area contributed by atoms with E-state index in [2.05, 4.69) is 15.1 Å². The number of nitrogens with two attached hydrogens (primary N) is 1. The Morgan fingerprint density at radius 3 is 2.76 bits per heavy atom. The molecule has 8 nitrogen and oxygen atoms in total. The van der Waals surface area contributed by atoms with Crippen LogP contribution in [0.3, 0.4) is 0 Å². The van der Waals surface area contributed by atoms with Gasteiger partial charge in [-0.05, 0) is 13.0 Å². The Kier molecular flexibility index (Phi) is 4.59. The SMILES string of the molecule is Cc1cc(/C(N)=N/O)nc(N(C)CC2(O)CCOCC2)n1. The van der Waals surface area contributed by atoms with Gasteiger partial charge in [-0.25, -0.2) is 9.97 Å². The number of hydrogen-bond donors (Lipinski definition) is 3.